The van der Waals surface area contributed by atoms with Gasteiger partial charge in [0.1, 0.15) is 0 Å². The van der Waals surface area contributed by atoms with Crippen LogP contribution in [0.15, 0.2) is 0 Å². The van der Waals surface area contributed by atoms with Crippen LogP contribution in [0.25, 0.3) is 0 Å². The van der Waals surface area contributed by atoms with Gasteiger partial charge < -0.3 is 11.1 Å². The topological polar surface area (TPSA) is 55.1 Å². The van der Waals surface area contributed by atoms with Gasteiger partial charge in [0, 0.05) is 0 Å². The van der Waals surface area contributed by atoms with Crippen molar-refractivity contribution in [3.05, 3.63) is 0 Å². The summed E-state index contributed by atoms with van der Waals surface area (Å²) in [5, 5.41) is 2.66. The van der Waals surface area contributed by atoms with E-state index in [9.17, 15) is 4.79 Å². The minimum atomic E-state index is -0.413. The summed E-state index contributed by atoms with van der Waals surface area (Å²) in [6, 6.07) is -0.413. The Balaban J connectivity index is 3.86. The summed E-state index contributed by atoms with van der Waals surface area (Å²) in [5.41, 5.74) is 5.69. The fourth-order valence-corrected chi connectivity index (χ4v) is 0.850. The molecule has 0 aliphatic rings. The highest BCUT2D eigenvalue weighted by Crippen LogP contribution is 2.04. The van der Waals surface area contributed by atoms with Crippen molar-refractivity contribution in [2.24, 2.45) is 11.7 Å². The number of carbonyl (C=O) groups is 1. The fraction of sp³-hybridized carbons (Fsp3) is 0.700. The molecule has 3 heteroatoms. The van der Waals surface area contributed by atoms with Gasteiger partial charge in [0.2, 0.25) is 5.91 Å². The number of nitrogens with two attached hydrogens (primary N) is 1. The Bertz CT molecular complexity index is 215. The van der Waals surface area contributed by atoms with Crippen LogP contribution in [-0.2, 0) is 4.79 Å². The molecule has 1 amide bonds. The summed E-state index contributed by atoms with van der Waals surface area (Å²) in [7, 11) is 0. The molecule has 0 aliphatic carbocycles. The summed E-state index contributed by atoms with van der Waals surface area (Å²) in [6.07, 6.45) is 0.911. The van der Waals surface area contributed by atoms with Crippen LogP contribution in [0.3, 0.4) is 0 Å². The molecule has 1 unspecified atom stereocenters. The standard InChI is InChI=1S/C10H18N2O/c1-4-6-7-12-10(13)9(11)8(3)5-2/h8-9H,5,7,11H2,1-3H3,(H,12,13)/t8?,9-/m0/s1. The van der Waals surface area contributed by atoms with Crippen LogP contribution in [-0.4, -0.2) is 18.5 Å². The smallest absolute Gasteiger partial charge is 0.237 e. The SMILES string of the molecule is CC#CCNC(=O)[C@@H](N)C(C)CC. The van der Waals surface area contributed by atoms with Crippen molar-refractivity contribution in [1.82, 2.24) is 5.32 Å². The maximum Gasteiger partial charge on any atom is 0.237 e. The lowest BCUT2D eigenvalue weighted by Crippen LogP contribution is -2.44. The van der Waals surface area contributed by atoms with Crippen LogP contribution in [0.4, 0.5) is 0 Å². The minimum Gasteiger partial charge on any atom is -0.344 e. The second-order valence-corrected chi connectivity index (χ2v) is 3.06. The second kappa shape index (κ2) is 6.50. The van der Waals surface area contributed by atoms with Gasteiger partial charge in [-0.25, -0.2) is 0 Å². The highest BCUT2D eigenvalue weighted by molar-refractivity contribution is 5.81. The molecular formula is C10H18N2O. The number of carbonyl (C=O) groups excluding carboxylic acids is 1. The second-order valence-electron chi connectivity index (χ2n) is 3.06. The van der Waals surface area contributed by atoms with E-state index in [1.165, 1.54) is 0 Å². The average Bonchev–Trinajstić information content (AvgIpc) is 2.15. The van der Waals surface area contributed by atoms with Gasteiger partial charge >= 0.3 is 0 Å². The normalized spacial score (nSPS) is 13.8. The van der Waals surface area contributed by atoms with Crippen LogP contribution in [0.1, 0.15) is 27.2 Å². The van der Waals surface area contributed by atoms with Crippen LogP contribution in [0.5, 0.6) is 0 Å². The third-order valence-electron chi connectivity index (χ3n) is 2.09. The van der Waals surface area contributed by atoms with Crippen molar-refractivity contribution in [3.8, 4) is 11.8 Å². The highest BCUT2D eigenvalue weighted by atomic mass is 16.2. The van der Waals surface area contributed by atoms with Gasteiger partial charge in [0.25, 0.3) is 0 Å². The van der Waals surface area contributed by atoms with Crippen LogP contribution in [0, 0.1) is 17.8 Å². The molecule has 0 bridgehead atoms. The Kier molecular flexibility index (Phi) is 5.99. The largest absolute Gasteiger partial charge is 0.344 e. The van der Waals surface area contributed by atoms with Crippen molar-refractivity contribution < 1.29 is 4.79 Å². The molecule has 3 N–H and O–H groups in total. The molecule has 13 heavy (non-hydrogen) atoms. The lowest BCUT2D eigenvalue weighted by molar-refractivity contribution is -0.123. The molecule has 0 saturated heterocycles. The molecule has 74 valence electrons. The quantitative estimate of drug-likeness (QED) is 0.622. The van der Waals surface area contributed by atoms with E-state index < -0.39 is 6.04 Å². The molecule has 0 fully saturated rings. The van der Waals surface area contributed by atoms with Gasteiger partial charge in [-0.05, 0) is 12.8 Å². The predicted molar refractivity (Wildman–Crippen MR) is 53.9 cm³/mol. The molecule has 3 nitrogen and oxygen atoms in total. The summed E-state index contributed by atoms with van der Waals surface area (Å²) in [6.45, 7) is 6.11. The van der Waals surface area contributed by atoms with Gasteiger partial charge in [0.05, 0.1) is 12.6 Å². The predicted octanol–water partition coefficient (Wildman–Crippen LogP) is 0.499. The zero-order chi connectivity index (χ0) is 10.3. The zero-order valence-electron chi connectivity index (χ0n) is 8.55. The Morgan fingerprint density at radius 1 is 1.62 bits per heavy atom. The van der Waals surface area contributed by atoms with E-state index in [0.717, 1.165) is 6.42 Å². The first-order valence-corrected chi connectivity index (χ1v) is 4.56. The summed E-state index contributed by atoms with van der Waals surface area (Å²) in [4.78, 5) is 11.3. The maximum atomic E-state index is 11.3. The molecule has 0 radical (unpaired) electrons. The van der Waals surface area contributed by atoms with Crippen molar-refractivity contribution >= 4 is 5.91 Å². The maximum absolute atomic E-state index is 11.3. The Labute approximate surface area is 80.1 Å². The first-order chi connectivity index (χ1) is 6.13. The highest BCUT2D eigenvalue weighted by Gasteiger charge is 2.18. The third kappa shape index (κ3) is 4.54. The first kappa shape index (κ1) is 12.0. The fourth-order valence-electron chi connectivity index (χ4n) is 0.850. The molecule has 0 aromatic rings. The zero-order valence-corrected chi connectivity index (χ0v) is 8.55. The summed E-state index contributed by atoms with van der Waals surface area (Å²) < 4.78 is 0. The van der Waals surface area contributed by atoms with Crippen molar-refractivity contribution in [3.63, 3.8) is 0 Å². The van der Waals surface area contributed by atoms with E-state index in [1.54, 1.807) is 6.92 Å². The van der Waals surface area contributed by atoms with Gasteiger partial charge in [-0.1, -0.05) is 26.2 Å². The monoisotopic (exact) mass is 182 g/mol. The van der Waals surface area contributed by atoms with E-state index in [-0.39, 0.29) is 11.8 Å². The van der Waals surface area contributed by atoms with Gasteiger partial charge in [-0.2, -0.15) is 0 Å². The number of nitrogens with one attached hydrogen (secondary N) is 1. The molecule has 0 aliphatic heterocycles. The Morgan fingerprint density at radius 2 is 2.23 bits per heavy atom. The molecular weight excluding hydrogens is 164 g/mol. The third-order valence-corrected chi connectivity index (χ3v) is 2.09. The van der Waals surface area contributed by atoms with E-state index in [2.05, 4.69) is 17.2 Å². The number of amides is 1. The van der Waals surface area contributed by atoms with E-state index in [0.29, 0.717) is 6.54 Å². The van der Waals surface area contributed by atoms with E-state index in [4.69, 9.17) is 5.73 Å². The number of hydrogen-bond acceptors (Lipinski definition) is 2. The van der Waals surface area contributed by atoms with Crippen molar-refractivity contribution in [1.29, 1.82) is 0 Å². The lowest BCUT2D eigenvalue weighted by Gasteiger charge is -2.16. The Morgan fingerprint density at radius 3 is 2.69 bits per heavy atom. The van der Waals surface area contributed by atoms with E-state index in [1.807, 2.05) is 13.8 Å². The van der Waals surface area contributed by atoms with Gasteiger partial charge in [-0.3, -0.25) is 4.79 Å². The minimum absolute atomic E-state index is 0.114. The van der Waals surface area contributed by atoms with Crippen LogP contribution in [0.2, 0.25) is 0 Å². The van der Waals surface area contributed by atoms with E-state index >= 15 is 0 Å². The summed E-state index contributed by atoms with van der Waals surface area (Å²) >= 11 is 0. The Hall–Kier alpha value is -1.01. The number of hydrogen-bond donors (Lipinski definition) is 2. The molecule has 0 aromatic carbocycles. The van der Waals surface area contributed by atoms with Gasteiger partial charge in [0.15, 0.2) is 0 Å². The van der Waals surface area contributed by atoms with Crippen molar-refractivity contribution in [2.75, 3.05) is 6.54 Å². The van der Waals surface area contributed by atoms with Crippen molar-refractivity contribution in [2.45, 2.75) is 33.2 Å². The molecule has 0 aromatic heterocycles. The first-order valence-electron chi connectivity index (χ1n) is 4.56. The lowest BCUT2D eigenvalue weighted by atomic mass is 9.99. The van der Waals surface area contributed by atoms with Crippen LogP contribution < -0.4 is 11.1 Å². The molecule has 0 rings (SSSR count). The summed E-state index contributed by atoms with van der Waals surface area (Å²) in [5.74, 6) is 5.56. The number of rotatable bonds is 4. The molecule has 2 atom stereocenters. The molecule has 0 heterocycles. The molecule has 0 saturated carbocycles. The average molecular weight is 182 g/mol. The molecule has 0 spiro atoms. The van der Waals surface area contributed by atoms with Gasteiger partial charge in [-0.15, -0.1) is 5.92 Å². The van der Waals surface area contributed by atoms with Crippen LogP contribution >= 0.6 is 0 Å².